The van der Waals surface area contributed by atoms with E-state index >= 15 is 0 Å². The summed E-state index contributed by atoms with van der Waals surface area (Å²) in [6, 6.07) is 0. The molecule has 1 aromatic heterocycles. The van der Waals surface area contributed by atoms with Gasteiger partial charge >= 0.3 is 0 Å². The molecule has 1 fully saturated rings. The Morgan fingerprint density at radius 3 is 2.50 bits per heavy atom. The van der Waals surface area contributed by atoms with E-state index in [1.807, 2.05) is 11.7 Å². The minimum atomic E-state index is -0.0906. The minimum absolute atomic E-state index is 0.0906. The summed E-state index contributed by atoms with van der Waals surface area (Å²) in [4.78, 5) is 0. The third-order valence-electron chi connectivity index (χ3n) is 4.82. The molecule has 1 aliphatic carbocycles. The van der Waals surface area contributed by atoms with E-state index in [0.717, 1.165) is 48.0 Å². The molecule has 2 N–H and O–H groups in total. The van der Waals surface area contributed by atoms with Crippen molar-refractivity contribution < 1.29 is 0 Å². The lowest BCUT2D eigenvalue weighted by Crippen LogP contribution is -2.45. The van der Waals surface area contributed by atoms with E-state index in [4.69, 9.17) is 17.3 Å². The van der Waals surface area contributed by atoms with Crippen molar-refractivity contribution in [2.45, 2.75) is 70.8 Å². The van der Waals surface area contributed by atoms with Gasteiger partial charge in [0.25, 0.3) is 0 Å². The number of hydrogen-bond donors (Lipinski definition) is 1. The van der Waals surface area contributed by atoms with E-state index in [1.54, 1.807) is 0 Å². The van der Waals surface area contributed by atoms with E-state index < -0.39 is 0 Å². The largest absolute Gasteiger partial charge is 0.325 e. The molecule has 1 aromatic rings. The Balaban J connectivity index is 2.05. The summed E-state index contributed by atoms with van der Waals surface area (Å²) in [5.41, 5.74) is 8.65. The number of halogens is 1. The Kier molecular flexibility index (Phi) is 5.14. The van der Waals surface area contributed by atoms with Crippen LogP contribution in [0.1, 0.15) is 63.8 Å². The van der Waals surface area contributed by atoms with Crippen LogP contribution in [0.5, 0.6) is 0 Å². The molecule has 0 radical (unpaired) electrons. The van der Waals surface area contributed by atoms with Crippen molar-refractivity contribution in [2.75, 3.05) is 0 Å². The molecule has 0 bridgehead atoms. The van der Waals surface area contributed by atoms with Crippen molar-refractivity contribution in [1.82, 2.24) is 9.78 Å². The summed E-state index contributed by atoms with van der Waals surface area (Å²) in [7, 11) is 1.98. The number of aromatic nitrogens is 2. The molecule has 0 amide bonds. The molecule has 20 heavy (non-hydrogen) atoms. The molecule has 114 valence electrons. The summed E-state index contributed by atoms with van der Waals surface area (Å²) < 4.78 is 1.92. The number of rotatable bonds is 5. The first-order valence-corrected chi connectivity index (χ1v) is 8.36. The highest BCUT2D eigenvalue weighted by Crippen LogP contribution is 2.36. The maximum atomic E-state index is 6.64. The van der Waals surface area contributed by atoms with Crippen LogP contribution in [0.25, 0.3) is 0 Å². The molecule has 2 rings (SSSR count). The van der Waals surface area contributed by atoms with Gasteiger partial charge in [0, 0.05) is 19.0 Å². The van der Waals surface area contributed by atoms with Crippen molar-refractivity contribution in [3.05, 3.63) is 16.4 Å². The Morgan fingerprint density at radius 1 is 1.35 bits per heavy atom. The van der Waals surface area contributed by atoms with Crippen molar-refractivity contribution >= 4 is 11.6 Å². The molecule has 1 saturated carbocycles. The summed E-state index contributed by atoms with van der Waals surface area (Å²) in [6.45, 7) is 4.36. The molecule has 0 atom stereocenters. The van der Waals surface area contributed by atoms with E-state index in [0.29, 0.717) is 0 Å². The second kappa shape index (κ2) is 6.48. The van der Waals surface area contributed by atoms with Gasteiger partial charge in [0.15, 0.2) is 0 Å². The molecular weight excluding hydrogens is 270 g/mol. The first-order valence-electron chi connectivity index (χ1n) is 7.98. The van der Waals surface area contributed by atoms with Gasteiger partial charge in [0.2, 0.25) is 0 Å². The van der Waals surface area contributed by atoms with Crippen LogP contribution >= 0.6 is 11.6 Å². The average molecular weight is 298 g/mol. The van der Waals surface area contributed by atoms with E-state index in [1.165, 1.54) is 25.7 Å². The van der Waals surface area contributed by atoms with Gasteiger partial charge in [0.1, 0.15) is 0 Å². The number of hydrogen-bond acceptors (Lipinski definition) is 2. The highest BCUT2D eigenvalue weighted by atomic mass is 35.5. The highest BCUT2D eigenvalue weighted by molar-refractivity contribution is 6.31. The van der Waals surface area contributed by atoms with Crippen LogP contribution in [0.3, 0.4) is 0 Å². The van der Waals surface area contributed by atoms with Gasteiger partial charge in [-0.05, 0) is 38.0 Å². The molecule has 3 nitrogen and oxygen atoms in total. The summed E-state index contributed by atoms with van der Waals surface area (Å²) in [5.74, 6) is 0.880. The van der Waals surface area contributed by atoms with Crippen molar-refractivity contribution in [2.24, 2.45) is 18.7 Å². The quantitative estimate of drug-likeness (QED) is 0.896. The maximum Gasteiger partial charge on any atom is 0.0850 e. The number of nitrogens with zero attached hydrogens (tertiary/aromatic N) is 2. The lowest BCUT2D eigenvalue weighted by molar-refractivity contribution is 0.221. The molecule has 1 heterocycles. The number of nitrogens with two attached hydrogens (primary N) is 1. The normalized spacial score (nSPS) is 26.9. The van der Waals surface area contributed by atoms with Crippen LogP contribution in [-0.2, 0) is 19.9 Å². The van der Waals surface area contributed by atoms with Gasteiger partial charge < -0.3 is 5.73 Å². The summed E-state index contributed by atoms with van der Waals surface area (Å²) in [6.07, 6.45) is 9.12. The van der Waals surface area contributed by atoms with Crippen LogP contribution in [0.4, 0.5) is 0 Å². The average Bonchev–Trinajstić information content (AvgIpc) is 2.69. The second-order valence-electron chi connectivity index (χ2n) is 6.46. The Labute approximate surface area is 127 Å². The SMILES string of the molecule is CCCC1CCC(N)(Cc2c(Cl)c(CC)nn2C)CC1. The molecule has 1 aliphatic rings. The molecule has 0 aliphatic heterocycles. The molecule has 0 aromatic carbocycles. The zero-order valence-electron chi connectivity index (χ0n) is 13.1. The predicted octanol–water partition coefficient (Wildman–Crippen LogP) is 3.87. The highest BCUT2D eigenvalue weighted by Gasteiger charge is 2.33. The van der Waals surface area contributed by atoms with Gasteiger partial charge in [-0.25, -0.2) is 0 Å². The smallest absolute Gasteiger partial charge is 0.0850 e. The van der Waals surface area contributed by atoms with E-state index in [9.17, 15) is 0 Å². The van der Waals surface area contributed by atoms with Crippen molar-refractivity contribution in [3.8, 4) is 0 Å². The van der Waals surface area contributed by atoms with Crippen molar-refractivity contribution in [3.63, 3.8) is 0 Å². The van der Waals surface area contributed by atoms with Gasteiger partial charge in [-0.3, -0.25) is 4.68 Å². The molecule has 0 saturated heterocycles. The van der Waals surface area contributed by atoms with Gasteiger partial charge in [-0.1, -0.05) is 38.3 Å². The number of aryl methyl sites for hydroxylation is 2. The van der Waals surface area contributed by atoms with Gasteiger partial charge in [-0.15, -0.1) is 0 Å². The second-order valence-corrected chi connectivity index (χ2v) is 6.83. The van der Waals surface area contributed by atoms with Crippen LogP contribution in [-0.4, -0.2) is 15.3 Å². The first-order chi connectivity index (χ1) is 9.49. The van der Waals surface area contributed by atoms with E-state index in [2.05, 4.69) is 18.9 Å². The summed E-state index contributed by atoms with van der Waals surface area (Å²) in [5, 5.41) is 5.33. The first kappa shape index (κ1) is 15.8. The molecular formula is C16H28ClN3. The fourth-order valence-corrected chi connectivity index (χ4v) is 3.83. The minimum Gasteiger partial charge on any atom is -0.325 e. The van der Waals surface area contributed by atoms with Gasteiger partial charge in [0.05, 0.1) is 16.4 Å². The van der Waals surface area contributed by atoms with Crippen LogP contribution in [0.15, 0.2) is 0 Å². The van der Waals surface area contributed by atoms with Crippen LogP contribution in [0, 0.1) is 5.92 Å². The van der Waals surface area contributed by atoms with Crippen molar-refractivity contribution in [1.29, 1.82) is 0 Å². The van der Waals surface area contributed by atoms with Crippen LogP contribution < -0.4 is 5.73 Å². The fourth-order valence-electron chi connectivity index (χ4n) is 3.47. The maximum absolute atomic E-state index is 6.64. The molecule has 4 heteroatoms. The lowest BCUT2D eigenvalue weighted by Gasteiger charge is -2.37. The molecule has 0 unspecified atom stereocenters. The zero-order chi connectivity index (χ0) is 14.8. The Hall–Kier alpha value is -0.540. The lowest BCUT2D eigenvalue weighted by atomic mass is 9.73. The topological polar surface area (TPSA) is 43.8 Å². The zero-order valence-corrected chi connectivity index (χ0v) is 13.8. The van der Waals surface area contributed by atoms with E-state index in [-0.39, 0.29) is 5.54 Å². The molecule has 0 spiro atoms. The van der Waals surface area contributed by atoms with Gasteiger partial charge in [-0.2, -0.15) is 5.10 Å². The fraction of sp³-hybridized carbons (Fsp3) is 0.812. The Bertz CT molecular complexity index is 445. The Morgan fingerprint density at radius 2 is 2.00 bits per heavy atom. The van der Waals surface area contributed by atoms with Crippen LogP contribution in [0.2, 0.25) is 5.02 Å². The monoisotopic (exact) mass is 297 g/mol. The third kappa shape index (κ3) is 3.37. The third-order valence-corrected chi connectivity index (χ3v) is 5.26. The predicted molar refractivity (Wildman–Crippen MR) is 85.1 cm³/mol. The standard InChI is InChI=1S/C16H28ClN3/c1-4-6-12-7-9-16(18,10-8-12)11-14-15(17)13(5-2)19-20(14)3/h12H,4-11,18H2,1-3H3. The summed E-state index contributed by atoms with van der Waals surface area (Å²) >= 11 is 6.45.